The third kappa shape index (κ3) is 3.53. The van der Waals surface area contributed by atoms with E-state index < -0.39 is 24.1 Å². The molecule has 0 radical (unpaired) electrons. The molecule has 1 unspecified atom stereocenters. The monoisotopic (exact) mass is 330 g/mol. The molecule has 0 aliphatic carbocycles. The number of nitrogens with one attached hydrogen (secondary N) is 2. The van der Waals surface area contributed by atoms with E-state index in [9.17, 15) is 19.5 Å². The Morgan fingerprint density at radius 2 is 2.18 bits per heavy atom. The van der Waals surface area contributed by atoms with Gasteiger partial charge in [0.25, 0.3) is 0 Å². The van der Waals surface area contributed by atoms with Crippen molar-refractivity contribution in [3.8, 4) is 0 Å². The number of primary amides is 1. The minimum absolute atomic E-state index is 0.0232. The van der Waals surface area contributed by atoms with E-state index >= 15 is 0 Å². The molecule has 9 heteroatoms. The fraction of sp³-hybridized carbons (Fsp3) is 0.769. The van der Waals surface area contributed by atoms with Gasteiger partial charge in [0.15, 0.2) is 0 Å². The Morgan fingerprint density at radius 3 is 2.68 bits per heavy atom. The molecule has 0 aromatic rings. The number of rotatable bonds is 4. The molecular formula is C13H22N4O4S. The van der Waals surface area contributed by atoms with Gasteiger partial charge in [0.05, 0.1) is 17.0 Å². The highest BCUT2D eigenvalue weighted by Gasteiger charge is 2.47. The van der Waals surface area contributed by atoms with Crippen LogP contribution in [0.15, 0.2) is 0 Å². The van der Waals surface area contributed by atoms with Gasteiger partial charge in [-0.25, -0.2) is 0 Å². The second-order valence-electron chi connectivity index (χ2n) is 5.82. The predicted octanol–water partition coefficient (Wildman–Crippen LogP) is -2.01. The highest BCUT2D eigenvalue weighted by atomic mass is 32.2. The molecule has 2 rings (SSSR count). The topological polar surface area (TPSA) is 125 Å². The smallest absolute Gasteiger partial charge is 0.242 e. The number of thioether (sulfide) groups is 1. The van der Waals surface area contributed by atoms with Crippen LogP contribution in [0.1, 0.15) is 20.3 Å². The second kappa shape index (κ2) is 6.43. The van der Waals surface area contributed by atoms with E-state index in [4.69, 9.17) is 5.73 Å². The Labute approximate surface area is 133 Å². The lowest BCUT2D eigenvalue weighted by Crippen LogP contribution is -2.57. The maximum Gasteiger partial charge on any atom is 0.242 e. The van der Waals surface area contributed by atoms with Gasteiger partial charge in [0, 0.05) is 25.8 Å². The molecule has 124 valence electrons. The first-order valence-corrected chi connectivity index (χ1v) is 8.17. The van der Waals surface area contributed by atoms with E-state index in [0.717, 1.165) is 6.42 Å². The summed E-state index contributed by atoms with van der Waals surface area (Å²) in [6.45, 7) is 4.16. The van der Waals surface area contributed by atoms with Crippen LogP contribution in [0, 0.1) is 0 Å². The Hall–Kier alpha value is -1.32. The molecule has 3 amide bonds. The lowest BCUT2D eigenvalue weighted by molar-refractivity contribution is -0.130. The first kappa shape index (κ1) is 17.0. The molecule has 5 N–H and O–H groups in total. The van der Waals surface area contributed by atoms with Crippen molar-refractivity contribution in [2.24, 2.45) is 5.73 Å². The summed E-state index contributed by atoms with van der Waals surface area (Å²) in [5, 5.41) is 15.2. The molecule has 8 nitrogen and oxygen atoms in total. The van der Waals surface area contributed by atoms with E-state index in [1.807, 2.05) is 0 Å². The number of aliphatic hydroxyl groups is 1. The summed E-state index contributed by atoms with van der Waals surface area (Å²) in [5.74, 6) is -0.569. The number of amides is 3. The van der Waals surface area contributed by atoms with E-state index in [1.165, 1.54) is 13.8 Å². The summed E-state index contributed by atoms with van der Waals surface area (Å²) >= 11 is 1.61. The molecule has 2 aliphatic rings. The molecule has 0 aromatic heterocycles. The Morgan fingerprint density at radius 1 is 1.50 bits per heavy atom. The Kier molecular flexibility index (Phi) is 4.98. The normalized spacial score (nSPS) is 30.3. The van der Waals surface area contributed by atoms with Crippen molar-refractivity contribution in [2.75, 3.05) is 18.8 Å². The molecule has 22 heavy (non-hydrogen) atoms. The average Bonchev–Trinajstić information content (AvgIpc) is 3.03. The SMILES string of the molecule is CC(=O)N1CCC2(C1)N[C@H](C(=O)N[C@H](C(N)=O)[C@@H](C)O)CS2. The molecule has 0 saturated carbocycles. The molecule has 4 atom stereocenters. The molecule has 2 aliphatic heterocycles. The van der Waals surface area contributed by atoms with Gasteiger partial charge in [-0.05, 0) is 13.3 Å². The van der Waals surface area contributed by atoms with Crippen LogP contribution < -0.4 is 16.4 Å². The maximum absolute atomic E-state index is 12.2. The average molecular weight is 330 g/mol. The number of hydrogen-bond donors (Lipinski definition) is 4. The molecule has 0 bridgehead atoms. The summed E-state index contributed by atoms with van der Waals surface area (Å²) in [4.78, 5) is 36.3. The van der Waals surface area contributed by atoms with Crippen LogP contribution >= 0.6 is 11.8 Å². The van der Waals surface area contributed by atoms with E-state index in [-0.39, 0.29) is 16.7 Å². The molecule has 0 aromatic carbocycles. The van der Waals surface area contributed by atoms with E-state index in [2.05, 4.69) is 10.6 Å². The standard InChI is InChI=1S/C13H22N4O4S/c1-7(18)10(11(14)20)15-12(21)9-5-22-13(16-9)3-4-17(6-13)8(2)19/h7,9-10,16,18H,3-6H2,1-2H3,(H2,14,20)(H,15,21)/t7-,9+,10+,13?/m1/s1. The van der Waals surface area contributed by atoms with Crippen molar-refractivity contribution in [3.05, 3.63) is 0 Å². The molecular weight excluding hydrogens is 308 g/mol. The Bertz CT molecular complexity index is 487. The highest BCUT2D eigenvalue weighted by Crippen LogP contribution is 2.38. The summed E-state index contributed by atoms with van der Waals surface area (Å²) in [5.41, 5.74) is 5.17. The fourth-order valence-electron chi connectivity index (χ4n) is 2.75. The number of likely N-dealkylation sites (tertiary alicyclic amines) is 1. The third-order valence-corrected chi connectivity index (χ3v) is 5.55. The van der Waals surface area contributed by atoms with Crippen LogP contribution in [-0.2, 0) is 14.4 Å². The van der Waals surface area contributed by atoms with Crippen molar-refractivity contribution in [2.45, 2.75) is 43.3 Å². The number of aliphatic hydroxyl groups excluding tert-OH is 1. The van der Waals surface area contributed by atoms with Crippen LogP contribution in [0.4, 0.5) is 0 Å². The zero-order valence-electron chi connectivity index (χ0n) is 12.7. The van der Waals surface area contributed by atoms with Crippen LogP contribution in [-0.4, -0.2) is 69.6 Å². The predicted molar refractivity (Wildman–Crippen MR) is 81.8 cm³/mol. The van der Waals surface area contributed by atoms with Gasteiger partial charge < -0.3 is 21.1 Å². The van der Waals surface area contributed by atoms with Gasteiger partial charge in [0.1, 0.15) is 6.04 Å². The largest absolute Gasteiger partial charge is 0.391 e. The van der Waals surface area contributed by atoms with E-state index in [0.29, 0.717) is 18.8 Å². The number of nitrogens with zero attached hydrogens (tertiary/aromatic N) is 1. The minimum Gasteiger partial charge on any atom is -0.391 e. The number of carbonyl (C=O) groups excluding carboxylic acids is 3. The summed E-state index contributed by atoms with van der Waals surface area (Å²) in [6.07, 6.45) is -0.277. The van der Waals surface area contributed by atoms with Gasteiger partial charge >= 0.3 is 0 Å². The minimum atomic E-state index is -1.10. The molecule has 2 heterocycles. The lowest BCUT2D eigenvalue weighted by atomic mass is 10.1. The van der Waals surface area contributed by atoms with Crippen LogP contribution in [0.25, 0.3) is 0 Å². The maximum atomic E-state index is 12.2. The summed E-state index contributed by atoms with van der Waals surface area (Å²) in [7, 11) is 0. The first-order chi connectivity index (χ1) is 10.2. The third-order valence-electron chi connectivity index (χ3n) is 4.04. The van der Waals surface area contributed by atoms with Gasteiger partial charge in [-0.3, -0.25) is 19.7 Å². The number of hydrogen-bond acceptors (Lipinski definition) is 6. The lowest BCUT2D eigenvalue weighted by Gasteiger charge is -2.25. The first-order valence-electron chi connectivity index (χ1n) is 7.19. The summed E-state index contributed by atoms with van der Waals surface area (Å²) in [6, 6.07) is -1.58. The molecule has 1 spiro atoms. The van der Waals surface area contributed by atoms with Gasteiger partial charge in [-0.1, -0.05) is 0 Å². The highest BCUT2D eigenvalue weighted by molar-refractivity contribution is 8.01. The van der Waals surface area contributed by atoms with Gasteiger partial charge in [-0.15, -0.1) is 11.8 Å². The van der Waals surface area contributed by atoms with Crippen LogP contribution in [0.2, 0.25) is 0 Å². The number of carbonyl (C=O) groups is 3. The van der Waals surface area contributed by atoms with Crippen molar-refractivity contribution >= 4 is 29.5 Å². The van der Waals surface area contributed by atoms with Crippen LogP contribution in [0.3, 0.4) is 0 Å². The van der Waals surface area contributed by atoms with Crippen molar-refractivity contribution in [1.29, 1.82) is 0 Å². The van der Waals surface area contributed by atoms with Crippen molar-refractivity contribution in [1.82, 2.24) is 15.5 Å². The fourth-order valence-corrected chi connectivity index (χ4v) is 4.18. The van der Waals surface area contributed by atoms with Gasteiger partial charge in [-0.2, -0.15) is 0 Å². The zero-order valence-corrected chi connectivity index (χ0v) is 13.5. The second-order valence-corrected chi connectivity index (χ2v) is 7.23. The van der Waals surface area contributed by atoms with Crippen molar-refractivity contribution < 1.29 is 19.5 Å². The van der Waals surface area contributed by atoms with Gasteiger partial charge in [0.2, 0.25) is 17.7 Å². The number of nitrogens with two attached hydrogens (primary N) is 1. The van der Waals surface area contributed by atoms with Crippen molar-refractivity contribution in [3.63, 3.8) is 0 Å². The summed E-state index contributed by atoms with van der Waals surface area (Å²) < 4.78 is 0. The van der Waals surface area contributed by atoms with Crippen LogP contribution in [0.5, 0.6) is 0 Å². The quantitative estimate of drug-likeness (QED) is 0.472. The molecule has 2 saturated heterocycles. The van der Waals surface area contributed by atoms with E-state index in [1.54, 1.807) is 16.7 Å². The zero-order chi connectivity index (χ0) is 16.5. The molecule has 2 fully saturated rings. The Balaban J connectivity index is 1.94.